The third-order valence-corrected chi connectivity index (χ3v) is 3.75. The lowest BCUT2D eigenvalue weighted by molar-refractivity contribution is -0.137. The quantitative estimate of drug-likeness (QED) is 0.802. The van der Waals surface area contributed by atoms with Crippen LogP contribution >= 0.6 is 11.3 Å². The van der Waals surface area contributed by atoms with Gasteiger partial charge in [0.2, 0.25) is 0 Å². The van der Waals surface area contributed by atoms with E-state index in [0.29, 0.717) is 4.88 Å². The summed E-state index contributed by atoms with van der Waals surface area (Å²) in [4.78, 5) is 12.3. The second-order valence-corrected chi connectivity index (χ2v) is 5.42. The zero-order chi connectivity index (χ0) is 16.2. The average molecular weight is 330 g/mol. The van der Waals surface area contributed by atoms with Crippen molar-refractivity contribution in [2.45, 2.75) is 12.3 Å². The number of thiophene rings is 1. The minimum Gasteiger partial charge on any atom is -0.386 e. The highest BCUT2D eigenvalue weighted by molar-refractivity contribution is 7.10. The lowest BCUT2D eigenvalue weighted by Gasteiger charge is -2.12. The number of carbonyl (C=O) groups excluding carboxylic acids is 1. The fourth-order valence-corrected chi connectivity index (χ4v) is 2.43. The van der Waals surface area contributed by atoms with Gasteiger partial charge in [-0.25, -0.2) is 4.79 Å². The van der Waals surface area contributed by atoms with Crippen LogP contribution in [0.1, 0.15) is 16.5 Å². The molecule has 2 aromatic rings. The molecule has 0 spiro atoms. The van der Waals surface area contributed by atoms with E-state index >= 15 is 0 Å². The third-order valence-electron chi connectivity index (χ3n) is 2.78. The van der Waals surface area contributed by atoms with Crippen LogP contribution in [0.15, 0.2) is 41.8 Å². The highest BCUT2D eigenvalue weighted by Gasteiger charge is 2.30. The summed E-state index contributed by atoms with van der Waals surface area (Å²) in [7, 11) is 0. The summed E-state index contributed by atoms with van der Waals surface area (Å²) in [5.74, 6) is 0. The van der Waals surface area contributed by atoms with Gasteiger partial charge in [-0.05, 0) is 29.6 Å². The highest BCUT2D eigenvalue weighted by atomic mass is 32.1. The Labute approximate surface area is 128 Å². The van der Waals surface area contributed by atoms with Crippen LogP contribution in [0.25, 0.3) is 0 Å². The molecule has 1 aromatic heterocycles. The molecule has 3 N–H and O–H groups in total. The molecule has 1 unspecified atom stereocenters. The maximum absolute atomic E-state index is 12.6. The van der Waals surface area contributed by atoms with E-state index < -0.39 is 23.9 Å². The molecule has 2 amide bonds. The minimum atomic E-state index is -4.47. The zero-order valence-corrected chi connectivity index (χ0v) is 12.0. The summed E-state index contributed by atoms with van der Waals surface area (Å²) in [6.07, 6.45) is -5.32. The van der Waals surface area contributed by atoms with Crippen molar-refractivity contribution in [3.63, 3.8) is 0 Å². The van der Waals surface area contributed by atoms with Gasteiger partial charge < -0.3 is 15.7 Å². The van der Waals surface area contributed by atoms with Gasteiger partial charge in [0.1, 0.15) is 6.10 Å². The lowest BCUT2D eigenvalue weighted by atomic mass is 10.2. The number of amides is 2. The number of aliphatic hydroxyl groups is 1. The summed E-state index contributed by atoms with van der Waals surface area (Å²) in [5, 5.41) is 16.3. The summed E-state index contributed by atoms with van der Waals surface area (Å²) in [5.41, 5.74) is -0.818. The molecule has 118 valence electrons. The zero-order valence-electron chi connectivity index (χ0n) is 11.2. The number of halogens is 3. The van der Waals surface area contributed by atoms with Crippen molar-refractivity contribution in [2.24, 2.45) is 0 Å². The Bertz CT molecular complexity index is 629. The minimum absolute atomic E-state index is 0.0259. The highest BCUT2D eigenvalue weighted by Crippen LogP contribution is 2.30. The van der Waals surface area contributed by atoms with Gasteiger partial charge >= 0.3 is 12.2 Å². The Hall–Kier alpha value is -2.06. The second-order valence-electron chi connectivity index (χ2n) is 4.44. The molecule has 0 radical (unpaired) electrons. The number of aliphatic hydroxyl groups excluding tert-OH is 1. The van der Waals surface area contributed by atoms with E-state index in [0.717, 1.165) is 12.1 Å². The van der Waals surface area contributed by atoms with E-state index in [1.54, 1.807) is 17.5 Å². The Balaban J connectivity index is 1.90. The second kappa shape index (κ2) is 6.80. The molecule has 0 saturated carbocycles. The van der Waals surface area contributed by atoms with Crippen LogP contribution in [0.2, 0.25) is 0 Å². The molecule has 1 heterocycles. The lowest BCUT2D eigenvalue weighted by Crippen LogP contribution is -2.32. The first kappa shape index (κ1) is 16.3. The van der Waals surface area contributed by atoms with Gasteiger partial charge in [-0.1, -0.05) is 12.1 Å². The normalized spacial score (nSPS) is 12.7. The van der Waals surface area contributed by atoms with Gasteiger partial charge in [0.15, 0.2) is 0 Å². The van der Waals surface area contributed by atoms with Gasteiger partial charge in [-0.15, -0.1) is 11.3 Å². The number of nitrogens with one attached hydrogen (secondary N) is 2. The van der Waals surface area contributed by atoms with Crippen LogP contribution in [-0.4, -0.2) is 17.7 Å². The van der Waals surface area contributed by atoms with Crippen LogP contribution < -0.4 is 10.6 Å². The Morgan fingerprint density at radius 2 is 2.05 bits per heavy atom. The fourth-order valence-electron chi connectivity index (χ4n) is 1.72. The number of hydrogen-bond donors (Lipinski definition) is 3. The van der Waals surface area contributed by atoms with E-state index in [1.807, 2.05) is 0 Å². The summed E-state index contributed by atoms with van der Waals surface area (Å²) in [6, 6.07) is 7.13. The molecule has 0 bridgehead atoms. The van der Waals surface area contributed by atoms with Crippen LogP contribution in [0.3, 0.4) is 0 Å². The monoisotopic (exact) mass is 330 g/mol. The molecule has 0 aliphatic heterocycles. The number of alkyl halides is 3. The SMILES string of the molecule is O=C(NCC(O)c1cccs1)Nc1cccc(C(F)(F)F)c1. The molecule has 0 aliphatic rings. The molecule has 22 heavy (non-hydrogen) atoms. The molecule has 8 heteroatoms. The standard InChI is InChI=1S/C14H13F3N2O2S/c15-14(16,17)9-3-1-4-10(7-9)19-13(21)18-8-11(20)12-5-2-6-22-12/h1-7,11,20H,8H2,(H2,18,19,21). The first-order valence-corrected chi connectivity index (χ1v) is 7.18. The van der Waals surface area contributed by atoms with Crippen molar-refractivity contribution in [1.29, 1.82) is 0 Å². The Kier molecular flexibility index (Phi) is 5.04. The van der Waals surface area contributed by atoms with E-state index in [9.17, 15) is 23.1 Å². The summed E-state index contributed by atoms with van der Waals surface area (Å²) < 4.78 is 37.7. The van der Waals surface area contributed by atoms with Gasteiger partial charge in [-0.2, -0.15) is 13.2 Å². The average Bonchev–Trinajstić information content (AvgIpc) is 2.98. The molecular formula is C14H13F3N2O2S. The molecule has 0 fully saturated rings. The fraction of sp³-hybridized carbons (Fsp3) is 0.214. The van der Waals surface area contributed by atoms with Gasteiger partial charge in [0.05, 0.1) is 12.1 Å². The number of urea groups is 1. The maximum atomic E-state index is 12.6. The van der Waals surface area contributed by atoms with Crippen molar-refractivity contribution < 1.29 is 23.1 Å². The topological polar surface area (TPSA) is 61.4 Å². The third kappa shape index (κ3) is 4.47. The summed E-state index contributed by atoms with van der Waals surface area (Å²) >= 11 is 1.34. The predicted molar refractivity (Wildman–Crippen MR) is 77.7 cm³/mol. The Morgan fingerprint density at radius 1 is 1.27 bits per heavy atom. The largest absolute Gasteiger partial charge is 0.416 e. The first-order valence-electron chi connectivity index (χ1n) is 6.30. The predicted octanol–water partition coefficient (Wildman–Crippen LogP) is 3.62. The van der Waals surface area contributed by atoms with E-state index in [2.05, 4.69) is 10.6 Å². The van der Waals surface area contributed by atoms with Crippen LogP contribution in [-0.2, 0) is 6.18 Å². The van der Waals surface area contributed by atoms with Gasteiger partial charge in [0.25, 0.3) is 0 Å². The van der Waals surface area contributed by atoms with Crippen LogP contribution in [0.4, 0.5) is 23.7 Å². The smallest absolute Gasteiger partial charge is 0.386 e. The molecular weight excluding hydrogens is 317 g/mol. The molecule has 1 atom stereocenters. The van der Waals surface area contributed by atoms with Crippen molar-refractivity contribution in [3.8, 4) is 0 Å². The maximum Gasteiger partial charge on any atom is 0.416 e. The van der Waals surface area contributed by atoms with Gasteiger partial charge in [0, 0.05) is 10.6 Å². The first-order chi connectivity index (χ1) is 10.4. The van der Waals surface area contributed by atoms with Crippen LogP contribution in [0, 0.1) is 0 Å². The molecule has 2 rings (SSSR count). The number of anilines is 1. The Morgan fingerprint density at radius 3 is 2.68 bits per heavy atom. The van der Waals surface area contributed by atoms with Crippen LogP contribution in [0.5, 0.6) is 0 Å². The number of rotatable bonds is 4. The van der Waals surface area contributed by atoms with Gasteiger partial charge in [-0.3, -0.25) is 0 Å². The van der Waals surface area contributed by atoms with Crippen molar-refractivity contribution in [2.75, 3.05) is 11.9 Å². The van der Waals surface area contributed by atoms with Crippen molar-refractivity contribution in [1.82, 2.24) is 5.32 Å². The van der Waals surface area contributed by atoms with E-state index in [1.165, 1.54) is 23.5 Å². The molecule has 1 aromatic carbocycles. The van der Waals surface area contributed by atoms with Crippen molar-refractivity contribution in [3.05, 3.63) is 52.2 Å². The van der Waals surface area contributed by atoms with E-state index in [-0.39, 0.29) is 12.2 Å². The summed E-state index contributed by atoms with van der Waals surface area (Å²) in [6.45, 7) is -0.0364. The number of hydrogen-bond acceptors (Lipinski definition) is 3. The number of benzene rings is 1. The van der Waals surface area contributed by atoms with E-state index in [4.69, 9.17) is 0 Å². The molecule has 0 saturated heterocycles. The van der Waals surface area contributed by atoms with Crippen molar-refractivity contribution >= 4 is 23.1 Å². The number of carbonyl (C=O) groups is 1. The molecule has 0 aliphatic carbocycles. The molecule has 4 nitrogen and oxygen atoms in total.